The Morgan fingerprint density at radius 3 is 2.95 bits per heavy atom. The number of anilines is 1. The van der Waals surface area contributed by atoms with Crippen molar-refractivity contribution in [2.45, 2.75) is 20.4 Å². The zero-order chi connectivity index (χ0) is 13.2. The van der Waals surface area contributed by atoms with Gasteiger partial charge in [-0.2, -0.15) is 0 Å². The van der Waals surface area contributed by atoms with Gasteiger partial charge in [0.25, 0.3) is 0 Å². The van der Waals surface area contributed by atoms with Crippen LogP contribution >= 0.6 is 0 Å². The lowest BCUT2D eigenvalue weighted by atomic mass is 10.1. The Bertz CT molecular complexity index is 717. The number of fused-ring (bicyclic) bond motifs is 1. The third-order valence-electron chi connectivity index (χ3n) is 3.04. The van der Waals surface area contributed by atoms with Gasteiger partial charge in [0, 0.05) is 18.9 Å². The Labute approximate surface area is 111 Å². The number of hydrogen-bond donors (Lipinski definition) is 1. The summed E-state index contributed by atoms with van der Waals surface area (Å²) in [4.78, 5) is 4.32. The Kier molecular flexibility index (Phi) is 2.87. The molecule has 0 saturated heterocycles. The molecule has 0 amide bonds. The molecule has 1 N–H and O–H groups in total. The third kappa shape index (κ3) is 2.27. The molecule has 5 heteroatoms. The zero-order valence-corrected chi connectivity index (χ0v) is 11.0. The Balaban J connectivity index is 1.86. The van der Waals surface area contributed by atoms with Crippen molar-refractivity contribution >= 4 is 11.5 Å². The molecule has 0 bridgehead atoms. The summed E-state index contributed by atoms with van der Waals surface area (Å²) in [5, 5.41) is 11.5. The molecule has 0 fully saturated rings. The molecule has 3 rings (SSSR count). The van der Waals surface area contributed by atoms with Crippen LogP contribution in [0.2, 0.25) is 0 Å². The van der Waals surface area contributed by atoms with Crippen LogP contribution in [-0.4, -0.2) is 19.6 Å². The minimum atomic E-state index is 0.722. The van der Waals surface area contributed by atoms with Gasteiger partial charge in [-0.25, -0.2) is 4.98 Å². The van der Waals surface area contributed by atoms with Crippen LogP contribution in [0.15, 0.2) is 36.7 Å². The van der Waals surface area contributed by atoms with Crippen LogP contribution in [0.25, 0.3) is 5.65 Å². The highest BCUT2D eigenvalue weighted by Crippen LogP contribution is 2.13. The lowest BCUT2D eigenvalue weighted by Gasteiger charge is -2.07. The van der Waals surface area contributed by atoms with Crippen LogP contribution in [0.3, 0.4) is 0 Å². The predicted molar refractivity (Wildman–Crippen MR) is 74.0 cm³/mol. The SMILES string of the molecule is Cc1cccc(CNc2nccn3c(C)nnc23)c1. The summed E-state index contributed by atoms with van der Waals surface area (Å²) in [7, 11) is 0. The molecule has 0 radical (unpaired) electrons. The van der Waals surface area contributed by atoms with E-state index in [0.29, 0.717) is 0 Å². The first kappa shape index (κ1) is 11.6. The fourth-order valence-electron chi connectivity index (χ4n) is 2.07. The van der Waals surface area contributed by atoms with Crippen molar-refractivity contribution in [3.8, 4) is 0 Å². The molecular formula is C14H15N5. The number of nitrogens with one attached hydrogen (secondary N) is 1. The Hall–Kier alpha value is -2.43. The van der Waals surface area contributed by atoms with E-state index in [4.69, 9.17) is 0 Å². The van der Waals surface area contributed by atoms with Gasteiger partial charge in [-0.05, 0) is 19.4 Å². The van der Waals surface area contributed by atoms with Crippen LogP contribution in [0, 0.1) is 13.8 Å². The fourth-order valence-corrected chi connectivity index (χ4v) is 2.07. The molecule has 0 atom stereocenters. The lowest BCUT2D eigenvalue weighted by Crippen LogP contribution is -2.04. The minimum absolute atomic E-state index is 0.722. The highest BCUT2D eigenvalue weighted by molar-refractivity contribution is 5.62. The van der Waals surface area contributed by atoms with Crippen molar-refractivity contribution < 1.29 is 0 Å². The van der Waals surface area contributed by atoms with Gasteiger partial charge in [-0.15, -0.1) is 10.2 Å². The number of hydrogen-bond acceptors (Lipinski definition) is 4. The molecule has 0 aliphatic rings. The fraction of sp³-hybridized carbons (Fsp3) is 0.214. The summed E-state index contributed by atoms with van der Waals surface area (Å²) >= 11 is 0. The molecule has 0 saturated carbocycles. The van der Waals surface area contributed by atoms with Gasteiger partial charge in [0.05, 0.1) is 0 Å². The first-order chi connectivity index (χ1) is 9.24. The first-order valence-electron chi connectivity index (χ1n) is 6.20. The van der Waals surface area contributed by atoms with Crippen LogP contribution in [0.1, 0.15) is 17.0 Å². The van der Waals surface area contributed by atoms with E-state index in [9.17, 15) is 0 Å². The van der Waals surface area contributed by atoms with Gasteiger partial charge >= 0.3 is 0 Å². The first-order valence-corrected chi connectivity index (χ1v) is 6.20. The maximum atomic E-state index is 4.32. The van der Waals surface area contributed by atoms with Crippen LogP contribution in [0.4, 0.5) is 5.82 Å². The molecule has 1 aromatic carbocycles. The van der Waals surface area contributed by atoms with Crippen LogP contribution in [-0.2, 0) is 6.54 Å². The van der Waals surface area contributed by atoms with Crippen molar-refractivity contribution in [2.75, 3.05) is 5.32 Å². The van der Waals surface area contributed by atoms with E-state index in [1.165, 1.54) is 11.1 Å². The summed E-state index contributed by atoms with van der Waals surface area (Å²) in [6, 6.07) is 8.39. The molecule has 0 unspecified atom stereocenters. The van der Waals surface area contributed by atoms with E-state index in [0.717, 1.165) is 23.8 Å². The average Bonchev–Trinajstić information content (AvgIpc) is 2.79. The number of aryl methyl sites for hydroxylation is 2. The molecule has 96 valence electrons. The maximum Gasteiger partial charge on any atom is 0.203 e. The zero-order valence-electron chi connectivity index (χ0n) is 11.0. The van der Waals surface area contributed by atoms with E-state index in [1.54, 1.807) is 6.20 Å². The van der Waals surface area contributed by atoms with Crippen molar-refractivity contribution in [2.24, 2.45) is 0 Å². The molecule has 2 heterocycles. The Morgan fingerprint density at radius 2 is 2.11 bits per heavy atom. The molecule has 5 nitrogen and oxygen atoms in total. The monoisotopic (exact) mass is 253 g/mol. The second-order valence-corrected chi connectivity index (χ2v) is 4.56. The van der Waals surface area contributed by atoms with Gasteiger partial charge in [-0.3, -0.25) is 4.40 Å². The van der Waals surface area contributed by atoms with E-state index in [2.05, 4.69) is 51.7 Å². The summed E-state index contributed by atoms with van der Waals surface area (Å²) in [5.74, 6) is 1.61. The number of rotatable bonds is 3. The number of nitrogens with zero attached hydrogens (tertiary/aromatic N) is 4. The topological polar surface area (TPSA) is 55.1 Å². The second-order valence-electron chi connectivity index (χ2n) is 4.56. The molecule has 0 spiro atoms. The lowest BCUT2D eigenvalue weighted by molar-refractivity contribution is 1.000. The predicted octanol–water partition coefficient (Wildman–Crippen LogP) is 2.35. The minimum Gasteiger partial charge on any atom is -0.363 e. The summed E-state index contributed by atoms with van der Waals surface area (Å²) in [6.07, 6.45) is 3.62. The molecule has 0 aliphatic carbocycles. The van der Waals surface area contributed by atoms with E-state index in [1.807, 2.05) is 17.5 Å². The molecular weight excluding hydrogens is 238 g/mol. The number of aromatic nitrogens is 4. The highest BCUT2D eigenvalue weighted by Gasteiger charge is 2.06. The van der Waals surface area contributed by atoms with Crippen molar-refractivity contribution in [1.29, 1.82) is 0 Å². The van der Waals surface area contributed by atoms with E-state index >= 15 is 0 Å². The highest BCUT2D eigenvalue weighted by atomic mass is 15.3. The normalized spacial score (nSPS) is 10.8. The quantitative estimate of drug-likeness (QED) is 0.778. The number of benzene rings is 1. The van der Waals surface area contributed by atoms with Gasteiger partial charge in [0.2, 0.25) is 5.65 Å². The van der Waals surface area contributed by atoms with Crippen LogP contribution < -0.4 is 5.32 Å². The largest absolute Gasteiger partial charge is 0.363 e. The van der Waals surface area contributed by atoms with Crippen molar-refractivity contribution in [1.82, 2.24) is 19.6 Å². The van der Waals surface area contributed by atoms with Crippen molar-refractivity contribution in [3.05, 3.63) is 53.6 Å². The van der Waals surface area contributed by atoms with Crippen LogP contribution in [0.5, 0.6) is 0 Å². The average molecular weight is 253 g/mol. The third-order valence-corrected chi connectivity index (χ3v) is 3.04. The maximum absolute atomic E-state index is 4.32. The smallest absolute Gasteiger partial charge is 0.203 e. The van der Waals surface area contributed by atoms with Gasteiger partial charge in [-0.1, -0.05) is 29.8 Å². The molecule has 3 aromatic rings. The summed E-state index contributed by atoms with van der Waals surface area (Å²) < 4.78 is 1.92. The molecule has 19 heavy (non-hydrogen) atoms. The standard InChI is InChI=1S/C14H15N5/c1-10-4-3-5-12(8-10)9-16-13-14-18-17-11(2)19(14)7-6-15-13/h3-8H,9H2,1-2H3,(H,15,16). The summed E-state index contributed by atoms with van der Waals surface area (Å²) in [6.45, 7) is 4.73. The van der Waals surface area contributed by atoms with E-state index < -0.39 is 0 Å². The van der Waals surface area contributed by atoms with Crippen molar-refractivity contribution in [3.63, 3.8) is 0 Å². The van der Waals surface area contributed by atoms with E-state index in [-0.39, 0.29) is 0 Å². The van der Waals surface area contributed by atoms with Gasteiger partial charge < -0.3 is 5.32 Å². The van der Waals surface area contributed by atoms with Gasteiger partial charge in [0.15, 0.2) is 5.82 Å². The van der Waals surface area contributed by atoms with Gasteiger partial charge in [0.1, 0.15) is 5.82 Å². The molecule has 2 aromatic heterocycles. The summed E-state index contributed by atoms with van der Waals surface area (Å²) in [5.41, 5.74) is 3.23. The molecule has 0 aliphatic heterocycles. The Morgan fingerprint density at radius 1 is 1.21 bits per heavy atom. The second kappa shape index (κ2) is 4.68.